The smallest absolute Gasteiger partial charge is 0.409 e. The maximum absolute atomic E-state index is 11.2. The first-order valence-electron chi connectivity index (χ1n) is 11.0. The highest BCUT2D eigenvalue weighted by atomic mass is 32.1. The van der Waals surface area contributed by atoms with Crippen LogP contribution >= 0.6 is 11.3 Å². The van der Waals surface area contributed by atoms with Gasteiger partial charge in [-0.3, -0.25) is 0 Å². The summed E-state index contributed by atoms with van der Waals surface area (Å²) in [6, 6.07) is 7.24. The van der Waals surface area contributed by atoms with Gasteiger partial charge in [-0.1, -0.05) is 11.3 Å². The predicted molar refractivity (Wildman–Crippen MR) is 131 cm³/mol. The zero-order chi connectivity index (χ0) is 23.9. The lowest BCUT2D eigenvalue weighted by Crippen LogP contribution is -2.17. The first-order valence-corrected chi connectivity index (χ1v) is 11.8. The summed E-state index contributed by atoms with van der Waals surface area (Å²) in [5.74, 6) is 1.34. The summed E-state index contributed by atoms with van der Waals surface area (Å²) in [5, 5.41) is 7.44. The molecule has 2 heterocycles. The van der Waals surface area contributed by atoms with Gasteiger partial charge in [0.15, 0.2) is 5.13 Å². The number of aromatic nitrogens is 3. The van der Waals surface area contributed by atoms with E-state index in [9.17, 15) is 4.79 Å². The van der Waals surface area contributed by atoms with Gasteiger partial charge in [0.2, 0.25) is 5.95 Å². The quantitative estimate of drug-likeness (QED) is 0.327. The number of hydrogen-bond acceptors (Lipinski definition) is 10. The molecule has 11 heteroatoms. The molecular weight excluding hydrogens is 456 g/mol. The number of amides is 1. The molecule has 10 nitrogen and oxygen atoms in total. The van der Waals surface area contributed by atoms with Crippen molar-refractivity contribution in [3.8, 4) is 16.3 Å². The monoisotopic (exact) mass is 484 g/mol. The molecule has 0 saturated heterocycles. The van der Waals surface area contributed by atoms with Crippen LogP contribution in [0.2, 0.25) is 0 Å². The van der Waals surface area contributed by atoms with E-state index in [0.717, 1.165) is 45.5 Å². The van der Waals surface area contributed by atoms with Crippen LogP contribution in [0.1, 0.15) is 30.0 Å². The van der Waals surface area contributed by atoms with Crippen LogP contribution in [0.25, 0.3) is 10.6 Å². The van der Waals surface area contributed by atoms with Crippen molar-refractivity contribution >= 4 is 34.2 Å². The van der Waals surface area contributed by atoms with Crippen molar-refractivity contribution in [1.82, 2.24) is 15.0 Å². The SMILES string of the molecule is COCCNc1nc(C2CC2)c(-c2ccnc(Nc3ccc(OC(N)=O)c(CCOC)c3)n2)s1. The minimum Gasteiger partial charge on any atom is -0.410 e. The summed E-state index contributed by atoms with van der Waals surface area (Å²) in [6.45, 7) is 1.79. The molecular formula is C23H28N6O4S. The lowest BCUT2D eigenvalue weighted by Gasteiger charge is -2.12. The maximum atomic E-state index is 11.2. The summed E-state index contributed by atoms with van der Waals surface area (Å²) in [7, 11) is 3.29. The van der Waals surface area contributed by atoms with Crippen molar-refractivity contribution in [2.75, 3.05) is 44.6 Å². The van der Waals surface area contributed by atoms with Crippen LogP contribution in [0.15, 0.2) is 30.5 Å². The molecule has 34 heavy (non-hydrogen) atoms. The van der Waals surface area contributed by atoms with Crippen LogP contribution in [0, 0.1) is 0 Å². The van der Waals surface area contributed by atoms with Crippen LogP contribution in [0.3, 0.4) is 0 Å². The third-order valence-corrected chi connectivity index (χ3v) is 6.24. The Morgan fingerprint density at radius 3 is 2.74 bits per heavy atom. The molecule has 0 spiro atoms. The summed E-state index contributed by atoms with van der Waals surface area (Å²) in [4.78, 5) is 26.2. The van der Waals surface area contributed by atoms with Gasteiger partial charge in [-0.05, 0) is 49.1 Å². The van der Waals surface area contributed by atoms with E-state index < -0.39 is 6.09 Å². The number of methoxy groups -OCH3 is 2. The lowest BCUT2D eigenvalue weighted by molar-refractivity contribution is 0.198. The van der Waals surface area contributed by atoms with Crippen molar-refractivity contribution in [2.45, 2.75) is 25.2 Å². The Balaban J connectivity index is 1.56. The normalized spacial score (nSPS) is 13.0. The summed E-state index contributed by atoms with van der Waals surface area (Å²) in [6.07, 6.45) is 3.72. The molecule has 0 aliphatic heterocycles. The molecule has 1 saturated carbocycles. The van der Waals surface area contributed by atoms with Crippen LogP contribution in [-0.2, 0) is 15.9 Å². The number of rotatable bonds is 12. The fraction of sp³-hybridized carbons (Fsp3) is 0.391. The van der Waals surface area contributed by atoms with Gasteiger partial charge in [0.1, 0.15) is 5.75 Å². The fourth-order valence-corrected chi connectivity index (χ4v) is 4.48. The van der Waals surface area contributed by atoms with E-state index in [1.165, 1.54) is 0 Å². The Morgan fingerprint density at radius 1 is 1.18 bits per heavy atom. The molecule has 1 fully saturated rings. The number of carbonyl (C=O) groups is 1. The highest BCUT2D eigenvalue weighted by Gasteiger charge is 2.30. The molecule has 1 aliphatic rings. The fourth-order valence-electron chi connectivity index (χ4n) is 3.43. The summed E-state index contributed by atoms with van der Waals surface area (Å²) < 4.78 is 15.4. The molecule has 0 bridgehead atoms. The molecule has 180 valence electrons. The van der Waals surface area contributed by atoms with Crippen molar-refractivity contribution in [3.63, 3.8) is 0 Å². The number of carbonyl (C=O) groups excluding carboxylic acids is 1. The first kappa shape index (κ1) is 23.9. The average Bonchev–Trinajstić information content (AvgIpc) is 3.58. The zero-order valence-corrected chi connectivity index (χ0v) is 20.0. The molecule has 2 aromatic heterocycles. The van der Waals surface area contributed by atoms with Gasteiger partial charge in [0.05, 0.1) is 29.5 Å². The molecule has 0 radical (unpaired) electrons. The topological polar surface area (TPSA) is 134 Å². The number of nitrogens with one attached hydrogen (secondary N) is 2. The van der Waals surface area contributed by atoms with Crippen LogP contribution < -0.4 is 21.1 Å². The van der Waals surface area contributed by atoms with Crippen molar-refractivity contribution in [1.29, 1.82) is 0 Å². The second kappa shape index (κ2) is 11.2. The minimum absolute atomic E-state index is 0.400. The van der Waals surface area contributed by atoms with E-state index in [2.05, 4.69) is 15.6 Å². The van der Waals surface area contributed by atoms with E-state index in [1.807, 2.05) is 12.1 Å². The van der Waals surface area contributed by atoms with Gasteiger partial charge >= 0.3 is 6.09 Å². The van der Waals surface area contributed by atoms with Crippen molar-refractivity contribution in [3.05, 3.63) is 41.7 Å². The third-order valence-electron chi connectivity index (χ3n) is 5.19. The zero-order valence-electron chi connectivity index (χ0n) is 19.2. The Morgan fingerprint density at radius 2 is 2.00 bits per heavy atom. The van der Waals surface area contributed by atoms with Gasteiger partial charge in [-0.2, -0.15) is 0 Å². The van der Waals surface area contributed by atoms with Crippen LogP contribution in [-0.4, -0.2) is 55.0 Å². The Labute approximate surface area is 201 Å². The second-order valence-electron chi connectivity index (χ2n) is 7.80. The molecule has 1 aromatic carbocycles. The Hall–Kier alpha value is -3.28. The lowest BCUT2D eigenvalue weighted by atomic mass is 10.1. The molecule has 1 aliphatic carbocycles. The highest BCUT2D eigenvalue weighted by Crippen LogP contribution is 2.46. The number of benzene rings is 1. The third kappa shape index (κ3) is 6.19. The molecule has 4 N–H and O–H groups in total. The van der Waals surface area contributed by atoms with E-state index in [0.29, 0.717) is 43.8 Å². The van der Waals surface area contributed by atoms with E-state index >= 15 is 0 Å². The number of nitrogens with zero attached hydrogens (tertiary/aromatic N) is 3. The number of nitrogens with two attached hydrogens (primary N) is 1. The number of hydrogen-bond donors (Lipinski definition) is 3. The summed E-state index contributed by atoms with van der Waals surface area (Å²) >= 11 is 1.60. The van der Waals surface area contributed by atoms with Crippen LogP contribution in [0.4, 0.5) is 21.6 Å². The van der Waals surface area contributed by atoms with Gasteiger partial charge in [-0.15, -0.1) is 0 Å². The molecule has 0 unspecified atom stereocenters. The Kier molecular flexibility index (Phi) is 7.88. The van der Waals surface area contributed by atoms with Crippen molar-refractivity contribution < 1.29 is 19.0 Å². The highest BCUT2D eigenvalue weighted by molar-refractivity contribution is 7.19. The summed E-state index contributed by atoms with van der Waals surface area (Å²) in [5.41, 5.74) is 8.64. The van der Waals surface area contributed by atoms with Crippen molar-refractivity contribution in [2.24, 2.45) is 5.73 Å². The molecule has 3 aromatic rings. The van der Waals surface area contributed by atoms with Gasteiger partial charge in [-0.25, -0.2) is 19.7 Å². The standard InChI is InChI=1S/C23H28N6O4S/c1-31-11-8-15-13-16(5-6-18(15)33-21(24)30)27-22-25-9-7-17(28-22)20-19(14-3-4-14)29-23(34-20)26-10-12-32-2/h5-7,9,13-14H,3-4,8,10-12H2,1-2H3,(H2,24,30)(H,26,29)(H,25,27,28). The first-order chi connectivity index (χ1) is 16.6. The van der Waals surface area contributed by atoms with Crippen LogP contribution in [0.5, 0.6) is 5.75 Å². The largest absolute Gasteiger partial charge is 0.410 e. The number of anilines is 3. The predicted octanol–water partition coefficient (Wildman–Crippen LogP) is 3.93. The molecule has 4 rings (SSSR count). The van der Waals surface area contributed by atoms with E-state index in [-0.39, 0.29) is 0 Å². The van der Waals surface area contributed by atoms with E-state index in [4.69, 9.17) is 29.9 Å². The number of primary amides is 1. The average molecular weight is 485 g/mol. The number of ether oxygens (including phenoxy) is 3. The van der Waals surface area contributed by atoms with Gasteiger partial charge < -0.3 is 30.6 Å². The van der Waals surface area contributed by atoms with Gasteiger partial charge in [0.25, 0.3) is 0 Å². The van der Waals surface area contributed by atoms with Gasteiger partial charge in [0, 0.05) is 38.6 Å². The number of thiazole rings is 1. The molecule has 1 amide bonds. The maximum Gasteiger partial charge on any atom is 0.409 e. The minimum atomic E-state index is -0.859. The molecule has 0 atom stereocenters. The van der Waals surface area contributed by atoms with E-state index in [1.54, 1.807) is 43.9 Å². The Bertz CT molecular complexity index is 1130. The second-order valence-corrected chi connectivity index (χ2v) is 8.80.